The number of benzene rings is 2. The zero-order valence-corrected chi connectivity index (χ0v) is 14.2. The maximum Gasteiger partial charge on any atom is 0.265 e. The van der Waals surface area contributed by atoms with Gasteiger partial charge in [0.25, 0.3) is 10.0 Å². The quantitative estimate of drug-likeness (QED) is 0.797. The van der Waals surface area contributed by atoms with Gasteiger partial charge in [-0.25, -0.2) is 8.42 Å². The van der Waals surface area contributed by atoms with Gasteiger partial charge in [-0.05, 0) is 32.2 Å². The molecule has 1 heterocycles. The fourth-order valence-electron chi connectivity index (χ4n) is 2.89. The molecular weight excluding hydrogens is 310 g/mol. The molecule has 1 N–H and O–H groups in total. The van der Waals surface area contributed by atoms with E-state index in [1.807, 2.05) is 43.3 Å². The van der Waals surface area contributed by atoms with Crippen LogP contribution in [0.3, 0.4) is 0 Å². The van der Waals surface area contributed by atoms with Crippen molar-refractivity contribution in [2.24, 2.45) is 0 Å². The van der Waals surface area contributed by atoms with Crippen LogP contribution in [0.25, 0.3) is 10.8 Å². The Morgan fingerprint density at radius 2 is 1.78 bits per heavy atom. The van der Waals surface area contributed by atoms with Gasteiger partial charge < -0.3 is 0 Å². The Kier molecular flexibility index (Phi) is 3.85. The highest BCUT2D eigenvalue weighted by molar-refractivity contribution is 7.92. The normalized spacial score (nSPS) is 11.8. The Balaban J connectivity index is 2.10. The Morgan fingerprint density at radius 1 is 1.09 bits per heavy atom. The van der Waals surface area contributed by atoms with Gasteiger partial charge in [0.1, 0.15) is 4.90 Å². The molecule has 0 bridgehead atoms. The second-order valence-electron chi connectivity index (χ2n) is 5.45. The Labute approximate surface area is 136 Å². The van der Waals surface area contributed by atoms with Gasteiger partial charge in [-0.1, -0.05) is 36.4 Å². The van der Waals surface area contributed by atoms with Gasteiger partial charge in [-0.2, -0.15) is 5.10 Å². The first-order valence-corrected chi connectivity index (χ1v) is 8.97. The highest BCUT2D eigenvalue weighted by atomic mass is 32.2. The molecule has 3 rings (SSSR count). The Morgan fingerprint density at radius 3 is 2.48 bits per heavy atom. The summed E-state index contributed by atoms with van der Waals surface area (Å²) in [6, 6.07) is 13.3. The summed E-state index contributed by atoms with van der Waals surface area (Å²) in [7, 11) is -3.69. The number of aromatic nitrogens is 2. The second-order valence-corrected chi connectivity index (χ2v) is 7.07. The first-order valence-electron chi connectivity index (χ1n) is 7.48. The lowest BCUT2D eigenvalue weighted by atomic mass is 10.1. The first kappa shape index (κ1) is 15.6. The van der Waals surface area contributed by atoms with Crippen LogP contribution in [-0.4, -0.2) is 18.2 Å². The number of nitrogens with one attached hydrogen (secondary N) is 1. The van der Waals surface area contributed by atoms with Crippen LogP contribution in [-0.2, 0) is 16.6 Å². The van der Waals surface area contributed by atoms with E-state index in [0.29, 0.717) is 23.6 Å². The summed E-state index contributed by atoms with van der Waals surface area (Å²) in [4.78, 5) is 0.257. The van der Waals surface area contributed by atoms with E-state index in [2.05, 4.69) is 9.82 Å². The molecule has 2 aromatic carbocycles. The van der Waals surface area contributed by atoms with Crippen molar-refractivity contribution in [1.82, 2.24) is 9.78 Å². The fourth-order valence-corrected chi connectivity index (χ4v) is 4.38. The summed E-state index contributed by atoms with van der Waals surface area (Å²) in [6.07, 6.45) is 0. The van der Waals surface area contributed by atoms with Crippen LogP contribution in [0.4, 0.5) is 5.69 Å². The molecule has 0 atom stereocenters. The number of rotatable bonds is 4. The van der Waals surface area contributed by atoms with E-state index < -0.39 is 10.0 Å². The molecule has 120 valence electrons. The van der Waals surface area contributed by atoms with E-state index in [1.165, 1.54) is 0 Å². The standard InChI is InChI=1S/C17H19N3O2S/c1-4-20-13(3)17(12(2)18-20)23(21,22)19-16-11-7-9-14-8-5-6-10-15(14)16/h5-11,19H,4H2,1-3H3. The number of fused-ring (bicyclic) bond motifs is 1. The molecule has 1 aromatic heterocycles. The maximum atomic E-state index is 12.9. The summed E-state index contributed by atoms with van der Waals surface area (Å²) < 4.78 is 30.1. The van der Waals surface area contributed by atoms with E-state index in [-0.39, 0.29) is 4.90 Å². The zero-order chi connectivity index (χ0) is 16.6. The minimum absolute atomic E-state index is 0.257. The highest BCUT2D eigenvalue weighted by Crippen LogP contribution is 2.27. The molecule has 0 unspecified atom stereocenters. The van der Waals surface area contributed by atoms with E-state index in [0.717, 1.165) is 10.8 Å². The average molecular weight is 329 g/mol. The maximum absolute atomic E-state index is 12.9. The molecule has 3 aromatic rings. The topological polar surface area (TPSA) is 64.0 Å². The van der Waals surface area contributed by atoms with E-state index in [4.69, 9.17) is 0 Å². The molecule has 0 radical (unpaired) electrons. The first-order chi connectivity index (χ1) is 10.9. The summed E-state index contributed by atoms with van der Waals surface area (Å²) >= 11 is 0. The third-order valence-electron chi connectivity index (χ3n) is 3.92. The molecule has 0 spiro atoms. The van der Waals surface area contributed by atoms with Crippen molar-refractivity contribution in [3.8, 4) is 0 Å². The number of aryl methyl sites for hydroxylation is 2. The van der Waals surface area contributed by atoms with Gasteiger partial charge in [0.05, 0.1) is 17.1 Å². The van der Waals surface area contributed by atoms with E-state index >= 15 is 0 Å². The Bertz CT molecular complexity index is 969. The number of hydrogen-bond donors (Lipinski definition) is 1. The minimum Gasteiger partial charge on any atom is -0.279 e. The van der Waals surface area contributed by atoms with Crippen molar-refractivity contribution in [3.05, 3.63) is 53.9 Å². The van der Waals surface area contributed by atoms with Crippen molar-refractivity contribution >= 4 is 26.5 Å². The third kappa shape index (κ3) is 2.70. The minimum atomic E-state index is -3.69. The second kappa shape index (κ2) is 5.70. The Hall–Kier alpha value is -2.34. The number of hydrogen-bond acceptors (Lipinski definition) is 3. The average Bonchev–Trinajstić information content (AvgIpc) is 2.82. The van der Waals surface area contributed by atoms with Crippen molar-refractivity contribution in [3.63, 3.8) is 0 Å². The third-order valence-corrected chi connectivity index (χ3v) is 5.53. The van der Waals surface area contributed by atoms with Crippen LogP contribution in [0, 0.1) is 13.8 Å². The van der Waals surface area contributed by atoms with Gasteiger partial charge in [-0.3, -0.25) is 9.40 Å². The number of anilines is 1. The number of sulfonamides is 1. The molecule has 6 heteroatoms. The molecule has 0 saturated heterocycles. The molecule has 0 aliphatic heterocycles. The molecule has 23 heavy (non-hydrogen) atoms. The monoisotopic (exact) mass is 329 g/mol. The predicted octanol–water partition coefficient (Wildman–Crippen LogP) is 3.47. The zero-order valence-electron chi connectivity index (χ0n) is 13.4. The van der Waals surface area contributed by atoms with Crippen LogP contribution >= 0.6 is 0 Å². The predicted molar refractivity (Wildman–Crippen MR) is 92.1 cm³/mol. The van der Waals surface area contributed by atoms with Crippen molar-refractivity contribution in [1.29, 1.82) is 0 Å². The lowest BCUT2D eigenvalue weighted by Gasteiger charge is -2.11. The fraction of sp³-hybridized carbons (Fsp3) is 0.235. The van der Waals surface area contributed by atoms with Crippen LogP contribution in [0.5, 0.6) is 0 Å². The number of nitrogens with zero attached hydrogens (tertiary/aromatic N) is 2. The van der Waals surface area contributed by atoms with Crippen LogP contribution in [0.15, 0.2) is 47.4 Å². The molecule has 0 aliphatic carbocycles. The van der Waals surface area contributed by atoms with Gasteiger partial charge in [-0.15, -0.1) is 0 Å². The summed E-state index contributed by atoms with van der Waals surface area (Å²) in [6.45, 7) is 6.07. The van der Waals surface area contributed by atoms with Crippen molar-refractivity contribution < 1.29 is 8.42 Å². The SMILES string of the molecule is CCn1nc(C)c(S(=O)(=O)Nc2cccc3ccccc23)c1C. The summed E-state index contributed by atoms with van der Waals surface area (Å²) in [5.41, 5.74) is 1.74. The van der Waals surface area contributed by atoms with Gasteiger partial charge in [0.15, 0.2) is 0 Å². The molecule has 0 amide bonds. The molecule has 0 aliphatic rings. The van der Waals surface area contributed by atoms with Crippen LogP contribution in [0.1, 0.15) is 18.3 Å². The van der Waals surface area contributed by atoms with Gasteiger partial charge in [0.2, 0.25) is 0 Å². The molecule has 0 fully saturated rings. The summed E-state index contributed by atoms with van der Waals surface area (Å²) in [5.74, 6) is 0. The van der Waals surface area contributed by atoms with Gasteiger partial charge in [0, 0.05) is 11.9 Å². The summed E-state index contributed by atoms with van der Waals surface area (Å²) in [5, 5.41) is 6.16. The van der Waals surface area contributed by atoms with Gasteiger partial charge >= 0.3 is 0 Å². The highest BCUT2D eigenvalue weighted by Gasteiger charge is 2.24. The molecule has 0 saturated carbocycles. The lowest BCUT2D eigenvalue weighted by Crippen LogP contribution is -2.15. The molecule has 5 nitrogen and oxygen atoms in total. The molecular formula is C17H19N3O2S. The lowest BCUT2D eigenvalue weighted by molar-refractivity contribution is 0.598. The van der Waals surface area contributed by atoms with E-state index in [1.54, 1.807) is 24.6 Å². The van der Waals surface area contributed by atoms with Crippen LogP contribution < -0.4 is 4.72 Å². The van der Waals surface area contributed by atoms with Crippen LogP contribution in [0.2, 0.25) is 0 Å². The smallest absolute Gasteiger partial charge is 0.265 e. The largest absolute Gasteiger partial charge is 0.279 e. The van der Waals surface area contributed by atoms with Crippen molar-refractivity contribution in [2.75, 3.05) is 4.72 Å². The van der Waals surface area contributed by atoms with Crippen molar-refractivity contribution in [2.45, 2.75) is 32.2 Å². The van der Waals surface area contributed by atoms with E-state index in [9.17, 15) is 8.42 Å².